The Bertz CT molecular complexity index is 1140. The highest BCUT2D eigenvalue weighted by Gasteiger charge is 2.38. The Hall–Kier alpha value is -3.11. The molecule has 11 nitrogen and oxygen atoms in total. The summed E-state index contributed by atoms with van der Waals surface area (Å²) < 4.78 is 7.58. The number of aromatic amines is 1. The van der Waals surface area contributed by atoms with E-state index in [1.165, 1.54) is 11.6 Å². The van der Waals surface area contributed by atoms with Crippen LogP contribution in [0, 0.1) is 0 Å². The maximum atomic E-state index is 12.7. The summed E-state index contributed by atoms with van der Waals surface area (Å²) in [5.41, 5.74) is -0.212. The van der Waals surface area contributed by atoms with E-state index in [-0.39, 0.29) is 24.1 Å². The number of nitrogens with one attached hydrogen (secondary N) is 1. The summed E-state index contributed by atoms with van der Waals surface area (Å²) in [7, 11) is 3.01. The van der Waals surface area contributed by atoms with Gasteiger partial charge >= 0.3 is 11.8 Å². The minimum absolute atomic E-state index is 0.0823. The lowest BCUT2D eigenvalue weighted by Gasteiger charge is -2.37. The molecule has 174 valence electrons. The molecule has 0 aliphatic carbocycles. The van der Waals surface area contributed by atoms with Gasteiger partial charge in [-0.05, 0) is 25.7 Å². The van der Waals surface area contributed by atoms with Crippen LogP contribution in [0.5, 0.6) is 0 Å². The predicted octanol–water partition coefficient (Wildman–Crippen LogP) is 0.505. The van der Waals surface area contributed by atoms with Gasteiger partial charge in [-0.2, -0.15) is 0 Å². The van der Waals surface area contributed by atoms with Crippen LogP contribution in [0.15, 0.2) is 9.59 Å². The third kappa shape index (κ3) is 3.91. The molecule has 2 amide bonds. The average molecular weight is 447 g/mol. The lowest BCUT2D eigenvalue weighted by Crippen LogP contribution is -2.49. The third-order valence-corrected chi connectivity index (χ3v) is 6.63. The van der Waals surface area contributed by atoms with Gasteiger partial charge in [0.05, 0.1) is 6.04 Å². The largest absolute Gasteiger partial charge is 0.447 e. The minimum atomic E-state index is -0.424. The van der Waals surface area contributed by atoms with Crippen molar-refractivity contribution in [2.24, 2.45) is 14.1 Å². The van der Waals surface area contributed by atoms with Crippen LogP contribution in [0.25, 0.3) is 11.2 Å². The Balaban J connectivity index is 1.30. The summed E-state index contributed by atoms with van der Waals surface area (Å²) in [6, 6.07) is 0.263. The Morgan fingerprint density at radius 2 is 1.88 bits per heavy atom. The molecule has 2 aliphatic rings. The average Bonchev–Trinajstić information content (AvgIpc) is 3.40. The van der Waals surface area contributed by atoms with E-state index in [9.17, 15) is 19.2 Å². The molecule has 2 saturated heterocycles. The minimum Gasteiger partial charge on any atom is -0.447 e. The number of likely N-dealkylation sites (tertiary alicyclic amines) is 1. The van der Waals surface area contributed by atoms with Crippen molar-refractivity contribution < 1.29 is 14.3 Å². The van der Waals surface area contributed by atoms with Crippen LogP contribution in [0.3, 0.4) is 0 Å². The molecule has 4 heterocycles. The molecule has 0 aromatic carbocycles. The molecular formula is C21H30N6O5. The number of amides is 2. The fourth-order valence-electron chi connectivity index (χ4n) is 4.68. The van der Waals surface area contributed by atoms with E-state index >= 15 is 0 Å². The zero-order valence-corrected chi connectivity index (χ0v) is 18.8. The van der Waals surface area contributed by atoms with Crippen LogP contribution in [0.1, 0.15) is 44.9 Å². The quantitative estimate of drug-likeness (QED) is 0.690. The van der Waals surface area contributed by atoms with Crippen LogP contribution in [0.4, 0.5) is 4.79 Å². The molecule has 2 aromatic heterocycles. The number of cyclic esters (lactones) is 1. The molecule has 1 N–H and O–H groups in total. The Labute approximate surface area is 185 Å². The molecule has 0 spiro atoms. The fraction of sp³-hybridized carbons (Fsp3) is 0.667. The molecule has 2 fully saturated rings. The Morgan fingerprint density at radius 1 is 1.16 bits per heavy atom. The molecular weight excluding hydrogens is 416 g/mol. The number of imidazole rings is 1. The van der Waals surface area contributed by atoms with Gasteiger partial charge in [-0.3, -0.25) is 23.6 Å². The standard InChI is InChI=1S/C21H30N6O5/c1-4-13-12-32-21(31)27(13)14-8-10-26(11-9-14)16(28)7-5-6-15-22-17-18(23-15)24(2)20(30)25(3)19(17)29/h13-14H,4-12H2,1-3H3,(H,22,23). The topological polar surface area (TPSA) is 123 Å². The highest BCUT2D eigenvalue weighted by Crippen LogP contribution is 2.25. The summed E-state index contributed by atoms with van der Waals surface area (Å²) in [4.78, 5) is 60.1. The number of H-pyrrole nitrogens is 1. The van der Waals surface area contributed by atoms with E-state index in [4.69, 9.17) is 4.74 Å². The van der Waals surface area contributed by atoms with Crippen molar-refractivity contribution in [3.8, 4) is 0 Å². The van der Waals surface area contributed by atoms with E-state index in [1.54, 1.807) is 7.05 Å². The number of carbonyl (C=O) groups is 2. The van der Waals surface area contributed by atoms with Gasteiger partial charge < -0.3 is 14.6 Å². The van der Waals surface area contributed by atoms with Gasteiger partial charge in [0, 0.05) is 46.1 Å². The van der Waals surface area contributed by atoms with E-state index in [2.05, 4.69) is 16.9 Å². The van der Waals surface area contributed by atoms with Crippen molar-refractivity contribution in [3.05, 3.63) is 26.7 Å². The van der Waals surface area contributed by atoms with Crippen molar-refractivity contribution in [1.82, 2.24) is 28.9 Å². The van der Waals surface area contributed by atoms with Crippen molar-refractivity contribution in [3.63, 3.8) is 0 Å². The number of nitrogens with zero attached hydrogens (tertiary/aromatic N) is 5. The maximum absolute atomic E-state index is 12.7. The Kier molecular flexibility index (Phi) is 6.07. The fourth-order valence-corrected chi connectivity index (χ4v) is 4.68. The summed E-state index contributed by atoms with van der Waals surface area (Å²) >= 11 is 0. The molecule has 2 aliphatic heterocycles. The number of aromatic nitrogens is 4. The SMILES string of the molecule is CCC1COC(=O)N1C1CCN(C(=O)CCCc2nc3c([nH]2)c(=O)n(C)c(=O)n3C)CC1. The second-order valence-corrected chi connectivity index (χ2v) is 8.60. The van der Waals surface area contributed by atoms with E-state index in [1.807, 2.05) is 9.80 Å². The summed E-state index contributed by atoms with van der Waals surface area (Å²) in [5, 5.41) is 0. The molecule has 2 aromatic rings. The molecule has 4 rings (SSSR count). The van der Waals surface area contributed by atoms with Crippen molar-refractivity contribution in [2.45, 2.75) is 57.5 Å². The van der Waals surface area contributed by atoms with Crippen molar-refractivity contribution in [2.75, 3.05) is 19.7 Å². The molecule has 1 atom stereocenters. The maximum Gasteiger partial charge on any atom is 0.410 e. The lowest BCUT2D eigenvalue weighted by atomic mass is 10.0. The highest BCUT2D eigenvalue weighted by molar-refractivity contribution is 5.76. The zero-order valence-electron chi connectivity index (χ0n) is 18.8. The van der Waals surface area contributed by atoms with Gasteiger partial charge in [-0.15, -0.1) is 0 Å². The number of rotatable bonds is 6. The van der Waals surface area contributed by atoms with Crippen molar-refractivity contribution >= 4 is 23.2 Å². The number of hydrogen-bond acceptors (Lipinski definition) is 6. The predicted molar refractivity (Wildman–Crippen MR) is 116 cm³/mol. The molecule has 0 bridgehead atoms. The first kappa shape index (κ1) is 22.1. The van der Waals surface area contributed by atoms with Crippen LogP contribution in [-0.2, 0) is 30.0 Å². The van der Waals surface area contributed by atoms with Gasteiger partial charge in [0.2, 0.25) is 5.91 Å². The van der Waals surface area contributed by atoms with Crippen LogP contribution >= 0.6 is 0 Å². The number of aryl methyl sites for hydroxylation is 2. The number of piperidine rings is 1. The van der Waals surface area contributed by atoms with Gasteiger partial charge in [0.15, 0.2) is 5.65 Å². The normalized spacial score (nSPS) is 19.7. The molecule has 1 unspecified atom stereocenters. The van der Waals surface area contributed by atoms with Crippen LogP contribution in [-0.4, -0.2) is 72.7 Å². The van der Waals surface area contributed by atoms with Crippen molar-refractivity contribution in [1.29, 1.82) is 0 Å². The monoisotopic (exact) mass is 446 g/mol. The smallest absolute Gasteiger partial charge is 0.410 e. The summed E-state index contributed by atoms with van der Waals surface area (Å²) in [6.07, 6.45) is 3.63. The second kappa shape index (κ2) is 8.79. The van der Waals surface area contributed by atoms with Crippen LogP contribution in [0.2, 0.25) is 0 Å². The van der Waals surface area contributed by atoms with E-state index in [0.29, 0.717) is 55.9 Å². The molecule has 0 radical (unpaired) electrons. The van der Waals surface area contributed by atoms with Gasteiger partial charge in [0.1, 0.15) is 17.9 Å². The number of hydrogen-bond donors (Lipinski definition) is 1. The number of fused-ring (bicyclic) bond motifs is 1. The second-order valence-electron chi connectivity index (χ2n) is 8.60. The lowest BCUT2D eigenvalue weighted by molar-refractivity contribution is -0.132. The molecule has 32 heavy (non-hydrogen) atoms. The van der Waals surface area contributed by atoms with Gasteiger partial charge in [-0.1, -0.05) is 6.92 Å². The highest BCUT2D eigenvalue weighted by atomic mass is 16.6. The number of ether oxygens (including phenoxy) is 1. The van der Waals surface area contributed by atoms with Gasteiger partial charge in [-0.25, -0.2) is 14.6 Å². The van der Waals surface area contributed by atoms with Gasteiger partial charge in [0.25, 0.3) is 5.56 Å². The molecule has 0 saturated carbocycles. The zero-order chi connectivity index (χ0) is 23.0. The molecule has 11 heteroatoms. The first-order valence-electron chi connectivity index (χ1n) is 11.2. The first-order valence-corrected chi connectivity index (χ1v) is 11.2. The number of carbonyl (C=O) groups excluding carboxylic acids is 2. The van der Waals surface area contributed by atoms with E-state index in [0.717, 1.165) is 23.8 Å². The van der Waals surface area contributed by atoms with Crippen LogP contribution < -0.4 is 11.2 Å². The third-order valence-electron chi connectivity index (χ3n) is 6.63. The summed E-state index contributed by atoms with van der Waals surface area (Å²) in [5.74, 6) is 0.668. The Morgan fingerprint density at radius 3 is 2.56 bits per heavy atom. The first-order chi connectivity index (χ1) is 15.3. The van der Waals surface area contributed by atoms with E-state index < -0.39 is 11.2 Å². The summed E-state index contributed by atoms with van der Waals surface area (Å²) in [6.45, 7) is 3.77.